The van der Waals surface area contributed by atoms with Crippen LogP contribution < -0.4 is 0 Å². The Morgan fingerprint density at radius 1 is 1.38 bits per heavy atom. The summed E-state index contributed by atoms with van der Waals surface area (Å²) in [4.78, 5) is 0. The van der Waals surface area contributed by atoms with Crippen LogP contribution in [0.4, 0.5) is 0 Å². The molecule has 0 radical (unpaired) electrons. The van der Waals surface area contributed by atoms with Gasteiger partial charge < -0.3 is 5.11 Å². The summed E-state index contributed by atoms with van der Waals surface area (Å²) in [5.41, 5.74) is 2.52. The molecule has 16 heavy (non-hydrogen) atoms. The van der Waals surface area contributed by atoms with Crippen LogP contribution in [0.25, 0.3) is 0 Å². The Hall–Kier alpha value is -0.820. The van der Waals surface area contributed by atoms with E-state index in [4.69, 9.17) is 0 Å². The van der Waals surface area contributed by atoms with E-state index in [9.17, 15) is 5.11 Å². The molecule has 0 bridgehead atoms. The Kier molecular flexibility index (Phi) is 2.32. The van der Waals surface area contributed by atoms with Gasteiger partial charge in [-0.15, -0.1) is 0 Å². The van der Waals surface area contributed by atoms with Crippen molar-refractivity contribution in [2.24, 2.45) is 5.92 Å². The maximum Gasteiger partial charge on any atom is 0.0748 e. The summed E-state index contributed by atoms with van der Waals surface area (Å²) in [6.45, 7) is 2.19. The highest BCUT2D eigenvalue weighted by molar-refractivity contribution is 5.37. The van der Waals surface area contributed by atoms with Gasteiger partial charge in [-0.2, -0.15) is 0 Å². The lowest BCUT2D eigenvalue weighted by molar-refractivity contribution is 0.0909. The van der Waals surface area contributed by atoms with Crippen LogP contribution in [-0.2, 0) is 6.42 Å². The van der Waals surface area contributed by atoms with Crippen molar-refractivity contribution in [1.29, 1.82) is 0 Å². The van der Waals surface area contributed by atoms with Crippen LogP contribution in [0.2, 0.25) is 0 Å². The molecule has 0 amide bonds. The molecule has 1 aromatic rings. The topological polar surface area (TPSA) is 20.2 Å². The van der Waals surface area contributed by atoms with Gasteiger partial charge in [0.25, 0.3) is 0 Å². The number of fused-ring (bicyclic) bond motifs is 1. The lowest BCUT2D eigenvalue weighted by atomic mass is 9.78. The highest BCUT2D eigenvalue weighted by Crippen LogP contribution is 2.57. The van der Waals surface area contributed by atoms with Gasteiger partial charge in [0.05, 0.1) is 5.60 Å². The first kappa shape index (κ1) is 10.3. The van der Waals surface area contributed by atoms with Crippen molar-refractivity contribution in [3.05, 3.63) is 35.4 Å². The minimum absolute atomic E-state index is 0.370. The minimum atomic E-state index is -0.370. The lowest BCUT2D eigenvalue weighted by Gasteiger charge is -2.30. The highest BCUT2D eigenvalue weighted by atomic mass is 16.3. The van der Waals surface area contributed by atoms with Crippen LogP contribution in [0.15, 0.2) is 24.3 Å². The first-order valence-electron chi connectivity index (χ1n) is 6.56. The van der Waals surface area contributed by atoms with Gasteiger partial charge in [-0.25, -0.2) is 0 Å². The molecule has 1 nitrogen and oxygen atoms in total. The predicted octanol–water partition coefficient (Wildman–Crippen LogP) is 3.27. The van der Waals surface area contributed by atoms with Crippen molar-refractivity contribution >= 4 is 0 Å². The minimum Gasteiger partial charge on any atom is -0.389 e. The van der Waals surface area contributed by atoms with Gasteiger partial charge in [-0.1, -0.05) is 37.6 Å². The third kappa shape index (κ3) is 1.41. The van der Waals surface area contributed by atoms with E-state index in [2.05, 4.69) is 31.2 Å². The van der Waals surface area contributed by atoms with Crippen LogP contribution >= 0.6 is 0 Å². The number of hydrogen-bond donors (Lipinski definition) is 1. The standard InChI is InChI=1S/C15H20O/c1-2-12-10-15(12,16)14-9-5-7-11-6-3-4-8-13(11)14/h3-4,6,8,12,14,16H,2,5,7,9-10H2,1H3. The van der Waals surface area contributed by atoms with Crippen LogP contribution in [0.1, 0.15) is 49.7 Å². The summed E-state index contributed by atoms with van der Waals surface area (Å²) in [5, 5.41) is 10.7. The molecule has 86 valence electrons. The first-order chi connectivity index (χ1) is 7.75. The normalized spacial score (nSPS) is 36.9. The van der Waals surface area contributed by atoms with Crippen molar-refractivity contribution in [1.82, 2.24) is 0 Å². The number of aliphatic hydroxyl groups is 1. The summed E-state index contributed by atoms with van der Waals surface area (Å²) < 4.78 is 0. The fourth-order valence-electron chi connectivity index (χ4n) is 3.53. The SMILES string of the molecule is CCC1CC1(O)C1CCCc2ccccc21. The molecule has 0 heterocycles. The van der Waals surface area contributed by atoms with E-state index in [1.165, 1.54) is 30.4 Å². The summed E-state index contributed by atoms with van der Waals surface area (Å²) in [5.74, 6) is 0.950. The van der Waals surface area contributed by atoms with E-state index in [-0.39, 0.29) is 5.60 Å². The van der Waals surface area contributed by atoms with Gasteiger partial charge >= 0.3 is 0 Å². The second kappa shape index (κ2) is 3.59. The molecule has 0 saturated heterocycles. The molecule has 3 rings (SSSR count). The van der Waals surface area contributed by atoms with E-state index in [0.717, 1.165) is 12.8 Å². The maximum absolute atomic E-state index is 10.7. The molecule has 1 heteroatoms. The Bertz CT molecular complexity index is 398. The molecule has 0 spiro atoms. The molecule has 1 N–H and O–H groups in total. The van der Waals surface area contributed by atoms with Crippen LogP contribution in [-0.4, -0.2) is 10.7 Å². The molecule has 0 aliphatic heterocycles. The summed E-state index contributed by atoms with van der Waals surface area (Å²) in [7, 11) is 0. The molecule has 3 atom stereocenters. The fourth-order valence-corrected chi connectivity index (χ4v) is 3.53. The number of benzene rings is 1. The van der Waals surface area contributed by atoms with Crippen molar-refractivity contribution in [2.45, 2.75) is 50.5 Å². The molecule has 0 aromatic heterocycles. The Morgan fingerprint density at radius 3 is 2.94 bits per heavy atom. The third-order valence-corrected chi connectivity index (χ3v) is 4.59. The molecule has 3 unspecified atom stereocenters. The zero-order valence-corrected chi connectivity index (χ0v) is 9.95. The van der Waals surface area contributed by atoms with E-state index >= 15 is 0 Å². The van der Waals surface area contributed by atoms with Crippen molar-refractivity contribution < 1.29 is 5.11 Å². The van der Waals surface area contributed by atoms with Crippen LogP contribution in [0.3, 0.4) is 0 Å². The van der Waals surface area contributed by atoms with Gasteiger partial charge in [-0.3, -0.25) is 0 Å². The smallest absolute Gasteiger partial charge is 0.0748 e. The number of rotatable bonds is 2. The van der Waals surface area contributed by atoms with Crippen molar-refractivity contribution in [3.63, 3.8) is 0 Å². The molecule has 2 aliphatic rings. The van der Waals surface area contributed by atoms with Gasteiger partial charge in [0.1, 0.15) is 0 Å². The molecular formula is C15H20O. The Morgan fingerprint density at radius 2 is 2.19 bits per heavy atom. The van der Waals surface area contributed by atoms with E-state index in [1.807, 2.05) is 0 Å². The Balaban J connectivity index is 1.94. The molecular weight excluding hydrogens is 196 g/mol. The third-order valence-electron chi connectivity index (χ3n) is 4.59. The average Bonchev–Trinajstić information content (AvgIpc) is 3.01. The zero-order chi connectivity index (χ0) is 11.2. The first-order valence-corrected chi connectivity index (χ1v) is 6.56. The average molecular weight is 216 g/mol. The zero-order valence-electron chi connectivity index (χ0n) is 9.95. The highest BCUT2D eigenvalue weighted by Gasteiger charge is 2.57. The molecule has 1 saturated carbocycles. The van der Waals surface area contributed by atoms with Gasteiger partial charge in [-0.05, 0) is 42.7 Å². The van der Waals surface area contributed by atoms with Gasteiger partial charge in [0.2, 0.25) is 0 Å². The summed E-state index contributed by atoms with van der Waals surface area (Å²) >= 11 is 0. The van der Waals surface area contributed by atoms with Crippen LogP contribution in [0.5, 0.6) is 0 Å². The lowest BCUT2D eigenvalue weighted by Crippen LogP contribution is -2.26. The van der Waals surface area contributed by atoms with E-state index in [1.54, 1.807) is 0 Å². The Labute approximate surface area is 97.5 Å². The fraction of sp³-hybridized carbons (Fsp3) is 0.600. The summed E-state index contributed by atoms with van der Waals surface area (Å²) in [6, 6.07) is 8.69. The monoisotopic (exact) mass is 216 g/mol. The largest absolute Gasteiger partial charge is 0.389 e. The maximum atomic E-state index is 10.7. The van der Waals surface area contributed by atoms with E-state index in [0.29, 0.717) is 11.8 Å². The second-order valence-corrected chi connectivity index (χ2v) is 5.44. The van der Waals surface area contributed by atoms with Crippen LogP contribution in [0, 0.1) is 5.92 Å². The summed E-state index contributed by atoms with van der Waals surface area (Å²) in [6.07, 6.45) is 5.74. The van der Waals surface area contributed by atoms with E-state index < -0.39 is 0 Å². The molecule has 2 aliphatic carbocycles. The van der Waals surface area contributed by atoms with Crippen molar-refractivity contribution in [3.8, 4) is 0 Å². The predicted molar refractivity (Wildman–Crippen MR) is 65.5 cm³/mol. The van der Waals surface area contributed by atoms with Crippen molar-refractivity contribution in [2.75, 3.05) is 0 Å². The van der Waals surface area contributed by atoms with Gasteiger partial charge in [0.15, 0.2) is 0 Å². The molecule has 1 aromatic carbocycles. The molecule has 1 fully saturated rings. The quantitative estimate of drug-likeness (QED) is 0.804. The van der Waals surface area contributed by atoms with Gasteiger partial charge in [0, 0.05) is 5.92 Å². The second-order valence-electron chi connectivity index (χ2n) is 5.44. The number of hydrogen-bond acceptors (Lipinski definition) is 1. The number of aryl methyl sites for hydroxylation is 1.